The molecule has 24 heavy (non-hydrogen) atoms. The van der Waals surface area contributed by atoms with Gasteiger partial charge in [-0.25, -0.2) is 9.48 Å². The molecule has 2 aromatic rings. The van der Waals surface area contributed by atoms with Gasteiger partial charge in [0.2, 0.25) is 0 Å². The number of hydrogen-bond donors (Lipinski definition) is 2. The number of nitrogens with zero attached hydrogens (tertiary/aromatic N) is 4. The quantitative estimate of drug-likeness (QED) is 0.720. The van der Waals surface area contributed by atoms with Crippen molar-refractivity contribution in [1.29, 1.82) is 0 Å². The van der Waals surface area contributed by atoms with Crippen molar-refractivity contribution in [3.8, 4) is 0 Å². The standard InChI is InChI=1S/C15H17N5O4/c1-19-12-4-3-9(7-11(12)17-18-19)16-13-10(15(23)24-2)8-20(5-6-21)14(13)22/h3-4,7,16,21H,5-6,8H2,1-2H3. The van der Waals surface area contributed by atoms with Gasteiger partial charge >= 0.3 is 5.97 Å². The van der Waals surface area contributed by atoms with E-state index >= 15 is 0 Å². The molecule has 0 atom stereocenters. The van der Waals surface area contributed by atoms with Crippen LogP contribution in [0.4, 0.5) is 5.69 Å². The SMILES string of the molecule is COC(=O)C1=C(Nc2ccc3c(c2)nnn3C)C(=O)N(CCO)C1. The highest BCUT2D eigenvalue weighted by Crippen LogP contribution is 2.24. The van der Waals surface area contributed by atoms with Crippen LogP contribution >= 0.6 is 0 Å². The van der Waals surface area contributed by atoms with Gasteiger partial charge in [0, 0.05) is 19.3 Å². The second-order valence-corrected chi connectivity index (χ2v) is 5.34. The Morgan fingerprint density at radius 1 is 1.46 bits per heavy atom. The summed E-state index contributed by atoms with van der Waals surface area (Å²) in [5, 5.41) is 20.0. The summed E-state index contributed by atoms with van der Waals surface area (Å²) in [6.07, 6.45) is 0. The maximum Gasteiger partial charge on any atom is 0.337 e. The maximum atomic E-state index is 12.5. The lowest BCUT2D eigenvalue weighted by atomic mass is 10.2. The van der Waals surface area contributed by atoms with E-state index in [0.717, 1.165) is 5.52 Å². The van der Waals surface area contributed by atoms with Crippen molar-refractivity contribution < 1.29 is 19.4 Å². The van der Waals surface area contributed by atoms with E-state index < -0.39 is 5.97 Å². The van der Waals surface area contributed by atoms with Crippen LogP contribution < -0.4 is 5.32 Å². The van der Waals surface area contributed by atoms with Crippen molar-refractivity contribution in [2.75, 3.05) is 32.1 Å². The highest BCUT2D eigenvalue weighted by Gasteiger charge is 2.34. The van der Waals surface area contributed by atoms with Gasteiger partial charge in [-0.2, -0.15) is 0 Å². The van der Waals surface area contributed by atoms with Crippen LogP contribution in [0.1, 0.15) is 0 Å². The van der Waals surface area contributed by atoms with Gasteiger partial charge in [0.05, 0.1) is 31.4 Å². The molecule has 0 spiro atoms. The zero-order valence-corrected chi connectivity index (χ0v) is 13.3. The molecule has 1 aliphatic rings. The molecule has 2 heterocycles. The van der Waals surface area contributed by atoms with E-state index in [9.17, 15) is 9.59 Å². The maximum absolute atomic E-state index is 12.5. The van der Waals surface area contributed by atoms with Gasteiger partial charge in [-0.3, -0.25) is 4.79 Å². The van der Waals surface area contributed by atoms with Crippen molar-refractivity contribution in [2.45, 2.75) is 0 Å². The number of rotatable bonds is 5. The predicted molar refractivity (Wildman–Crippen MR) is 84.8 cm³/mol. The summed E-state index contributed by atoms with van der Waals surface area (Å²) in [6, 6.07) is 5.34. The number of aromatic nitrogens is 3. The molecule has 1 aliphatic heterocycles. The lowest BCUT2D eigenvalue weighted by molar-refractivity contribution is -0.136. The third-order valence-electron chi connectivity index (χ3n) is 3.83. The number of aliphatic hydroxyl groups excluding tert-OH is 1. The van der Waals surface area contributed by atoms with Gasteiger partial charge in [-0.1, -0.05) is 5.21 Å². The van der Waals surface area contributed by atoms with Gasteiger partial charge in [-0.05, 0) is 18.2 Å². The molecule has 1 amide bonds. The number of nitrogens with one attached hydrogen (secondary N) is 1. The number of anilines is 1. The molecule has 3 rings (SSSR count). The molecule has 0 fully saturated rings. The second-order valence-electron chi connectivity index (χ2n) is 5.34. The van der Waals surface area contributed by atoms with Crippen LogP contribution in [0.5, 0.6) is 0 Å². The molecule has 0 saturated carbocycles. The van der Waals surface area contributed by atoms with Crippen LogP contribution in [-0.4, -0.2) is 63.7 Å². The summed E-state index contributed by atoms with van der Waals surface area (Å²) in [5.74, 6) is -0.935. The Morgan fingerprint density at radius 3 is 2.96 bits per heavy atom. The number of β-amino-alcohol motifs (C(OH)–C–C–N with tert-alkyl or cyclic N) is 1. The minimum absolute atomic E-state index is 0.0990. The Bertz CT molecular complexity index is 842. The number of methoxy groups -OCH3 is 1. The number of fused-ring (bicyclic) bond motifs is 1. The molecule has 126 valence electrons. The third kappa shape index (κ3) is 2.69. The summed E-state index contributed by atoms with van der Waals surface area (Å²) in [4.78, 5) is 25.8. The van der Waals surface area contributed by atoms with Gasteiger partial charge in [0.25, 0.3) is 5.91 Å². The third-order valence-corrected chi connectivity index (χ3v) is 3.83. The zero-order valence-electron chi connectivity index (χ0n) is 13.3. The molecule has 0 bridgehead atoms. The van der Waals surface area contributed by atoms with Crippen molar-refractivity contribution in [2.24, 2.45) is 7.05 Å². The molecule has 1 aromatic heterocycles. The van der Waals surface area contributed by atoms with Crippen LogP contribution in [0, 0.1) is 0 Å². The van der Waals surface area contributed by atoms with Crippen LogP contribution in [0.2, 0.25) is 0 Å². The normalized spacial score (nSPS) is 14.6. The molecular formula is C15H17N5O4. The van der Waals surface area contributed by atoms with Crippen LogP contribution in [0.3, 0.4) is 0 Å². The number of amides is 1. The lowest BCUT2D eigenvalue weighted by Gasteiger charge is -2.15. The summed E-state index contributed by atoms with van der Waals surface area (Å²) in [7, 11) is 3.05. The fraction of sp³-hybridized carbons (Fsp3) is 0.333. The molecular weight excluding hydrogens is 314 g/mol. The van der Waals surface area contributed by atoms with E-state index in [1.165, 1.54) is 12.0 Å². The van der Waals surface area contributed by atoms with Gasteiger partial charge in [0.1, 0.15) is 11.2 Å². The fourth-order valence-corrected chi connectivity index (χ4v) is 2.61. The van der Waals surface area contributed by atoms with Crippen LogP contribution in [-0.2, 0) is 21.4 Å². The summed E-state index contributed by atoms with van der Waals surface area (Å²) >= 11 is 0. The van der Waals surface area contributed by atoms with Gasteiger partial charge in [-0.15, -0.1) is 5.10 Å². The van der Waals surface area contributed by atoms with Gasteiger partial charge in [0.15, 0.2) is 0 Å². The number of aliphatic hydroxyl groups is 1. The summed E-state index contributed by atoms with van der Waals surface area (Å²) < 4.78 is 6.39. The number of ether oxygens (including phenoxy) is 1. The Morgan fingerprint density at radius 2 is 2.25 bits per heavy atom. The molecule has 0 saturated heterocycles. The average molecular weight is 331 g/mol. The molecule has 9 heteroatoms. The van der Waals surface area contributed by atoms with Crippen molar-refractivity contribution >= 4 is 28.6 Å². The zero-order chi connectivity index (χ0) is 17.3. The molecule has 9 nitrogen and oxygen atoms in total. The summed E-state index contributed by atoms with van der Waals surface area (Å²) in [6.45, 7) is 0.0640. The molecule has 2 N–H and O–H groups in total. The van der Waals surface area contributed by atoms with E-state index in [-0.39, 0.29) is 36.9 Å². The number of benzene rings is 1. The highest BCUT2D eigenvalue weighted by atomic mass is 16.5. The molecule has 1 aromatic carbocycles. The number of hydrogen-bond acceptors (Lipinski definition) is 7. The Balaban J connectivity index is 1.93. The first-order valence-electron chi connectivity index (χ1n) is 7.33. The largest absolute Gasteiger partial charge is 0.466 e. The van der Waals surface area contributed by atoms with Crippen LogP contribution in [0.15, 0.2) is 29.5 Å². The first kappa shape index (κ1) is 15.9. The van der Waals surface area contributed by atoms with E-state index in [0.29, 0.717) is 11.2 Å². The second kappa shape index (κ2) is 6.28. The number of esters is 1. The number of aryl methyl sites for hydroxylation is 1. The highest BCUT2D eigenvalue weighted by molar-refractivity contribution is 6.08. The van der Waals surface area contributed by atoms with E-state index in [2.05, 4.69) is 15.6 Å². The fourth-order valence-electron chi connectivity index (χ4n) is 2.61. The van der Waals surface area contributed by atoms with E-state index in [1.54, 1.807) is 23.9 Å². The first-order chi connectivity index (χ1) is 11.5. The van der Waals surface area contributed by atoms with Crippen molar-refractivity contribution in [3.63, 3.8) is 0 Å². The lowest BCUT2D eigenvalue weighted by Crippen LogP contribution is -2.31. The van der Waals surface area contributed by atoms with Crippen molar-refractivity contribution in [3.05, 3.63) is 29.5 Å². The number of carbonyl (C=O) groups is 2. The Hall–Kier alpha value is -2.94. The smallest absolute Gasteiger partial charge is 0.337 e. The monoisotopic (exact) mass is 331 g/mol. The molecule has 0 unspecified atom stereocenters. The van der Waals surface area contributed by atoms with E-state index in [1.807, 2.05) is 6.07 Å². The average Bonchev–Trinajstić information content (AvgIpc) is 3.09. The topological polar surface area (TPSA) is 110 Å². The van der Waals surface area contributed by atoms with E-state index in [4.69, 9.17) is 9.84 Å². The minimum atomic E-state index is -0.577. The van der Waals surface area contributed by atoms with Crippen LogP contribution in [0.25, 0.3) is 11.0 Å². The Labute approximate surface area is 137 Å². The number of carbonyl (C=O) groups excluding carboxylic acids is 2. The predicted octanol–water partition coefficient (Wildman–Crippen LogP) is -0.358. The molecule has 0 radical (unpaired) electrons. The minimum Gasteiger partial charge on any atom is -0.466 e. The van der Waals surface area contributed by atoms with Crippen molar-refractivity contribution in [1.82, 2.24) is 19.9 Å². The Kier molecular flexibility index (Phi) is 4.17. The first-order valence-corrected chi connectivity index (χ1v) is 7.33. The summed E-state index contributed by atoms with van der Waals surface area (Å²) in [5.41, 5.74) is 2.51. The molecule has 0 aliphatic carbocycles. The van der Waals surface area contributed by atoms with Gasteiger partial charge < -0.3 is 20.1 Å².